The van der Waals surface area contributed by atoms with Gasteiger partial charge in [-0.25, -0.2) is 4.79 Å². The number of hydrogen-bond acceptors (Lipinski definition) is 3. The van der Waals surface area contributed by atoms with Crippen LogP contribution in [0.2, 0.25) is 0 Å². The van der Waals surface area contributed by atoms with Crippen LogP contribution >= 0.6 is 0 Å². The first-order chi connectivity index (χ1) is 9.17. The van der Waals surface area contributed by atoms with Crippen LogP contribution in [0.25, 0.3) is 6.08 Å². The fourth-order valence-electron chi connectivity index (χ4n) is 3.37. The molecule has 1 saturated heterocycles. The average molecular weight is 257 g/mol. The Morgan fingerprint density at radius 2 is 2.32 bits per heavy atom. The van der Waals surface area contributed by atoms with Gasteiger partial charge < -0.3 is 10.1 Å². The van der Waals surface area contributed by atoms with Gasteiger partial charge in [-0.2, -0.15) is 0 Å². The van der Waals surface area contributed by atoms with Crippen molar-refractivity contribution < 1.29 is 9.53 Å². The molecule has 0 amide bonds. The van der Waals surface area contributed by atoms with E-state index in [1.54, 1.807) is 0 Å². The van der Waals surface area contributed by atoms with E-state index in [1.807, 2.05) is 18.2 Å². The van der Waals surface area contributed by atoms with Crippen LogP contribution in [0.1, 0.15) is 34.8 Å². The van der Waals surface area contributed by atoms with Gasteiger partial charge in [0.2, 0.25) is 0 Å². The zero-order chi connectivity index (χ0) is 13.5. The minimum Gasteiger partial charge on any atom is -0.465 e. The van der Waals surface area contributed by atoms with Crippen LogP contribution in [0.3, 0.4) is 0 Å². The second-order valence-electron chi connectivity index (χ2n) is 5.52. The fourth-order valence-corrected chi connectivity index (χ4v) is 3.37. The van der Waals surface area contributed by atoms with Gasteiger partial charge in [0.15, 0.2) is 0 Å². The van der Waals surface area contributed by atoms with Gasteiger partial charge >= 0.3 is 5.97 Å². The Kier molecular flexibility index (Phi) is 2.94. The Bertz CT molecular complexity index is 550. The molecular formula is C16H19NO2. The highest BCUT2D eigenvalue weighted by molar-refractivity contribution is 5.90. The average Bonchev–Trinajstić information content (AvgIpc) is 2.81. The number of nitrogens with one attached hydrogen (secondary N) is 1. The molecule has 1 aromatic rings. The highest BCUT2D eigenvalue weighted by Gasteiger charge is 2.41. The predicted molar refractivity (Wildman–Crippen MR) is 75.1 cm³/mol. The quantitative estimate of drug-likeness (QED) is 0.785. The zero-order valence-corrected chi connectivity index (χ0v) is 11.4. The van der Waals surface area contributed by atoms with Gasteiger partial charge in [0.1, 0.15) is 0 Å². The topological polar surface area (TPSA) is 38.3 Å². The number of allylic oxidation sites excluding steroid dienone is 1. The second kappa shape index (κ2) is 4.49. The van der Waals surface area contributed by atoms with Gasteiger partial charge in [0, 0.05) is 5.41 Å². The molecule has 3 rings (SSSR count). The lowest BCUT2D eigenvalue weighted by Crippen LogP contribution is -2.45. The Morgan fingerprint density at radius 1 is 1.47 bits per heavy atom. The summed E-state index contributed by atoms with van der Waals surface area (Å²) in [5, 5.41) is 3.44. The largest absolute Gasteiger partial charge is 0.465 e. The van der Waals surface area contributed by atoms with Crippen LogP contribution in [-0.4, -0.2) is 26.2 Å². The molecule has 2 aliphatic rings. The van der Waals surface area contributed by atoms with Crippen molar-refractivity contribution in [2.45, 2.75) is 18.8 Å². The number of rotatable bonds is 1. The Balaban J connectivity index is 2.07. The van der Waals surface area contributed by atoms with Crippen LogP contribution in [0.15, 0.2) is 24.3 Å². The van der Waals surface area contributed by atoms with Crippen molar-refractivity contribution in [1.82, 2.24) is 5.32 Å². The molecule has 0 aromatic heterocycles. The third-order valence-electron chi connectivity index (χ3n) is 4.58. The normalized spacial score (nSPS) is 28.4. The molecule has 3 nitrogen and oxygen atoms in total. The summed E-state index contributed by atoms with van der Waals surface area (Å²) in [5.74, 6) is 0.276. The Hall–Kier alpha value is -1.61. The number of carbonyl (C=O) groups excluding carboxylic acids is 1. The monoisotopic (exact) mass is 257 g/mol. The van der Waals surface area contributed by atoms with Gasteiger partial charge in [-0.1, -0.05) is 25.1 Å². The van der Waals surface area contributed by atoms with Gasteiger partial charge in [0.25, 0.3) is 0 Å². The molecule has 100 valence electrons. The van der Waals surface area contributed by atoms with Gasteiger partial charge in [-0.05, 0) is 48.7 Å². The van der Waals surface area contributed by atoms with Gasteiger partial charge in [-0.15, -0.1) is 0 Å². The third kappa shape index (κ3) is 1.80. The first-order valence-corrected chi connectivity index (χ1v) is 6.80. The number of piperidine rings is 1. The Morgan fingerprint density at radius 3 is 3.05 bits per heavy atom. The smallest absolute Gasteiger partial charge is 0.337 e. The molecule has 2 atom stereocenters. The van der Waals surface area contributed by atoms with Crippen molar-refractivity contribution >= 4 is 12.0 Å². The molecule has 19 heavy (non-hydrogen) atoms. The van der Waals surface area contributed by atoms with Crippen molar-refractivity contribution in [2.24, 2.45) is 5.92 Å². The summed E-state index contributed by atoms with van der Waals surface area (Å²) in [6.07, 6.45) is 5.60. The van der Waals surface area contributed by atoms with E-state index in [9.17, 15) is 4.79 Å². The van der Waals surface area contributed by atoms with E-state index in [0.717, 1.165) is 19.5 Å². The van der Waals surface area contributed by atoms with Crippen LogP contribution in [0.5, 0.6) is 0 Å². The van der Waals surface area contributed by atoms with Gasteiger partial charge in [0.05, 0.1) is 12.7 Å². The van der Waals surface area contributed by atoms with Crippen molar-refractivity contribution in [2.75, 3.05) is 20.2 Å². The lowest BCUT2D eigenvalue weighted by Gasteiger charge is -2.40. The summed E-state index contributed by atoms with van der Waals surface area (Å²) in [4.78, 5) is 11.7. The molecule has 3 heteroatoms. The molecule has 0 bridgehead atoms. The van der Waals surface area contributed by atoms with E-state index < -0.39 is 0 Å². The molecule has 0 unspecified atom stereocenters. The van der Waals surface area contributed by atoms with E-state index >= 15 is 0 Å². The number of esters is 1. The van der Waals surface area contributed by atoms with Crippen molar-refractivity contribution in [1.29, 1.82) is 0 Å². The summed E-state index contributed by atoms with van der Waals surface area (Å²) < 4.78 is 4.83. The number of hydrogen-bond donors (Lipinski definition) is 1. The van der Waals surface area contributed by atoms with Crippen LogP contribution in [-0.2, 0) is 10.2 Å². The van der Waals surface area contributed by atoms with E-state index in [-0.39, 0.29) is 11.4 Å². The van der Waals surface area contributed by atoms with Crippen LogP contribution in [0, 0.1) is 5.92 Å². The van der Waals surface area contributed by atoms with E-state index in [4.69, 9.17) is 4.74 Å². The molecule has 1 heterocycles. The maximum Gasteiger partial charge on any atom is 0.337 e. The number of fused-ring (bicyclic) bond motifs is 2. The Labute approximate surface area is 113 Å². The minimum atomic E-state index is -0.258. The molecular weight excluding hydrogens is 238 g/mol. The maximum absolute atomic E-state index is 11.7. The molecule has 1 aliphatic heterocycles. The number of methoxy groups -OCH3 is 1. The van der Waals surface area contributed by atoms with E-state index in [2.05, 4.69) is 24.4 Å². The van der Waals surface area contributed by atoms with E-state index in [0.29, 0.717) is 11.5 Å². The molecule has 1 spiro atoms. The van der Waals surface area contributed by atoms with Crippen molar-refractivity contribution in [3.8, 4) is 0 Å². The first kappa shape index (κ1) is 12.4. The maximum atomic E-state index is 11.7. The summed E-state index contributed by atoms with van der Waals surface area (Å²) >= 11 is 0. The summed E-state index contributed by atoms with van der Waals surface area (Å²) in [6, 6.07) is 5.89. The molecule has 1 aliphatic carbocycles. The van der Waals surface area contributed by atoms with E-state index in [1.165, 1.54) is 18.2 Å². The number of ether oxygens (including phenoxy) is 1. The van der Waals surface area contributed by atoms with Crippen LogP contribution < -0.4 is 5.32 Å². The number of benzene rings is 1. The molecule has 0 radical (unpaired) electrons. The van der Waals surface area contributed by atoms with Gasteiger partial charge in [-0.3, -0.25) is 0 Å². The molecule has 1 N–H and O–H groups in total. The summed E-state index contributed by atoms with van der Waals surface area (Å²) in [6.45, 7) is 4.32. The SMILES string of the molecule is COC(=O)c1ccc2c(c1)[C@@]1(C=C2)CCNC[C@@H]1C. The molecule has 1 aromatic carbocycles. The highest BCUT2D eigenvalue weighted by Crippen LogP contribution is 2.45. The third-order valence-corrected chi connectivity index (χ3v) is 4.58. The fraction of sp³-hybridized carbons (Fsp3) is 0.438. The highest BCUT2D eigenvalue weighted by atomic mass is 16.5. The summed E-state index contributed by atoms with van der Waals surface area (Å²) in [7, 11) is 1.43. The lowest BCUT2D eigenvalue weighted by molar-refractivity contribution is 0.0600. The second-order valence-corrected chi connectivity index (χ2v) is 5.52. The van der Waals surface area contributed by atoms with Crippen LogP contribution in [0.4, 0.5) is 0 Å². The first-order valence-electron chi connectivity index (χ1n) is 6.80. The molecule has 1 fully saturated rings. The predicted octanol–water partition coefficient (Wildman–Crippen LogP) is 2.37. The minimum absolute atomic E-state index is 0.0879. The lowest BCUT2D eigenvalue weighted by atomic mass is 9.68. The molecule has 0 saturated carbocycles. The van der Waals surface area contributed by atoms with Crippen molar-refractivity contribution in [3.63, 3.8) is 0 Å². The van der Waals surface area contributed by atoms with Crippen molar-refractivity contribution in [3.05, 3.63) is 41.0 Å². The number of carbonyl (C=O) groups is 1. The standard InChI is InChI=1S/C16H19NO2/c1-11-10-17-8-7-16(11)6-5-12-3-4-13(9-14(12)16)15(18)19-2/h3-6,9,11,17H,7-8,10H2,1-2H3/t11-,16-/m0/s1. The zero-order valence-electron chi connectivity index (χ0n) is 11.4. The summed E-state index contributed by atoms with van der Waals surface area (Å²) in [5.41, 5.74) is 3.26.